The van der Waals surface area contributed by atoms with Crippen LogP contribution in [0.4, 0.5) is 0 Å². The molecule has 0 spiro atoms. The van der Waals surface area contributed by atoms with Crippen molar-refractivity contribution in [3.05, 3.63) is 86.0 Å². The van der Waals surface area contributed by atoms with E-state index in [1.165, 1.54) is 23.0 Å². The van der Waals surface area contributed by atoms with Crippen LogP contribution in [0.15, 0.2) is 52.1 Å². The highest BCUT2D eigenvalue weighted by Gasteiger charge is 2.18. The second kappa shape index (κ2) is 7.54. The van der Waals surface area contributed by atoms with Crippen molar-refractivity contribution in [2.75, 3.05) is 0 Å². The maximum atomic E-state index is 12.9. The first kappa shape index (κ1) is 19.5. The molecule has 4 rings (SSSR count). The van der Waals surface area contributed by atoms with Crippen LogP contribution in [0.5, 0.6) is 0 Å². The molecular formula is C21H17Cl2N3O3. The van der Waals surface area contributed by atoms with Gasteiger partial charge in [0, 0.05) is 22.0 Å². The third kappa shape index (κ3) is 3.61. The van der Waals surface area contributed by atoms with Crippen LogP contribution in [0, 0.1) is 13.8 Å². The molecule has 0 fully saturated rings. The summed E-state index contributed by atoms with van der Waals surface area (Å²) in [6.45, 7) is 4.22. The minimum atomic E-state index is -0.364. The van der Waals surface area contributed by atoms with Crippen LogP contribution in [0.25, 0.3) is 10.9 Å². The molecule has 0 aliphatic heterocycles. The summed E-state index contributed by atoms with van der Waals surface area (Å²) in [5.74, 6) is 0.620. The number of carbonyl (C=O) groups is 1. The predicted molar refractivity (Wildman–Crippen MR) is 112 cm³/mol. The van der Waals surface area contributed by atoms with E-state index in [2.05, 4.69) is 4.98 Å². The second-order valence-corrected chi connectivity index (χ2v) is 7.68. The van der Waals surface area contributed by atoms with Gasteiger partial charge in [0.05, 0.1) is 41.6 Å². The number of hydrogen-bond acceptors (Lipinski definition) is 4. The quantitative estimate of drug-likeness (QED) is 0.433. The number of Topliss-reactive ketones (excluding diaryl/α,β-unsaturated/α-hetero) is 1. The average molecular weight is 430 g/mol. The third-order valence-corrected chi connectivity index (χ3v) is 5.43. The molecule has 6 nitrogen and oxygen atoms in total. The van der Waals surface area contributed by atoms with E-state index in [0.717, 1.165) is 17.1 Å². The van der Waals surface area contributed by atoms with Gasteiger partial charge in [-0.2, -0.15) is 0 Å². The summed E-state index contributed by atoms with van der Waals surface area (Å²) in [6.07, 6.45) is 2.96. The van der Waals surface area contributed by atoms with Gasteiger partial charge in [0.25, 0.3) is 5.56 Å². The number of hydrogen-bond donors (Lipinski definition) is 0. The van der Waals surface area contributed by atoms with Crippen molar-refractivity contribution in [1.82, 2.24) is 14.1 Å². The van der Waals surface area contributed by atoms with Gasteiger partial charge >= 0.3 is 0 Å². The van der Waals surface area contributed by atoms with Crippen molar-refractivity contribution >= 4 is 39.9 Å². The van der Waals surface area contributed by atoms with Crippen molar-refractivity contribution in [3.8, 4) is 0 Å². The monoisotopic (exact) mass is 429 g/mol. The Bertz CT molecular complexity index is 1290. The van der Waals surface area contributed by atoms with Crippen molar-refractivity contribution in [1.29, 1.82) is 0 Å². The summed E-state index contributed by atoms with van der Waals surface area (Å²) in [4.78, 5) is 30.0. The molecule has 0 aliphatic rings. The number of ketones is 1. The number of nitrogens with zero attached hydrogens (tertiary/aromatic N) is 3. The van der Waals surface area contributed by atoms with Crippen LogP contribution in [0.1, 0.15) is 27.5 Å². The molecule has 0 saturated carbocycles. The Hall–Kier alpha value is -2.83. The number of rotatable bonds is 5. The Morgan fingerprint density at radius 3 is 2.72 bits per heavy atom. The molecular weight excluding hydrogens is 413 g/mol. The Kier molecular flexibility index (Phi) is 5.06. The van der Waals surface area contributed by atoms with Gasteiger partial charge in [0.2, 0.25) is 0 Å². The molecule has 0 saturated heterocycles. The molecule has 0 radical (unpaired) electrons. The Morgan fingerprint density at radius 2 is 2.00 bits per heavy atom. The van der Waals surface area contributed by atoms with Gasteiger partial charge in [-0.15, -0.1) is 0 Å². The van der Waals surface area contributed by atoms with Crippen LogP contribution in [-0.4, -0.2) is 19.9 Å². The highest BCUT2D eigenvalue weighted by atomic mass is 35.5. The minimum Gasteiger partial charge on any atom is -0.467 e. The van der Waals surface area contributed by atoms with Crippen LogP contribution < -0.4 is 5.56 Å². The van der Waals surface area contributed by atoms with E-state index in [1.807, 2.05) is 36.6 Å². The van der Waals surface area contributed by atoms with Crippen LogP contribution >= 0.6 is 23.2 Å². The third-order valence-electron chi connectivity index (χ3n) is 4.93. The Balaban J connectivity index is 1.67. The number of carbonyl (C=O) groups excluding carboxylic acids is 1. The first-order chi connectivity index (χ1) is 13.8. The van der Waals surface area contributed by atoms with E-state index in [4.69, 9.17) is 27.6 Å². The summed E-state index contributed by atoms with van der Waals surface area (Å²) in [5, 5.41) is 0.914. The van der Waals surface area contributed by atoms with E-state index in [0.29, 0.717) is 27.7 Å². The molecule has 148 valence electrons. The van der Waals surface area contributed by atoms with Gasteiger partial charge in [0.15, 0.2) is 5.78 Å². The number of benzene rings is 1. The van der Waals surface area contributed by atoms with E-state index in [-0.39, 0.29) is 23.3 Å². The molecule has 0 atom stereocenters. The van der Waals surface area contributed by atoms with Gasteiger partial charge in [-0.3, -0.25) is 14.2 Å². The van der Waals surface area contributed by atoms with Crippen molar-refractivity contribution in [3.63, 3.8) is 0 Å². The molecule has 0 aliphatic carbocycles. The lowest BCUT2D eigenvalue weighted by atomic mass is 10.1. The SMILES string of the molecule is Cc1cc(C(=O)Cn2cnc3c(Cl)cc(Cl)cc3c2=O)c(C)n1Cc1ccco1. The van der Waals surface area contributed by atoms with Gasteiger partial charge in [-0.1, -0.05) is 23.2 Å². The topological polar surface area (TPSA) is 70.0 Å². The first-order valence-corrected chi connectivity index (χ1v) is 9.67. The molecule has 4 aromatic rings. The molecule has 8 heteroatoms. The first-order valence-electron chi connectivity index (χ1n) is 8.91. The lowest BCUT2D eigenvalue weighted by Gasteiger charge is -2.09. The summed E-state index contributed by atoms with van der Waals surface area (Å²) in [7, 11) is 0. The zero-order valence-electron chi connectivity index (χ0n) is 15.8. The Morgan fingerprint density at radius 1 is 1.21 bits per heavy atom. The maximum absolute atomic E-state index is 12.9. The number of aromatic nitrogens is 3. The number of halogens is 2. The van der Waals surface area contributed by atoms with E-state index < -0.39 is 0 Å². The molecule has 0 bridgehead atoms. The van der Waals surface area contributed by atoms with E-state index in [9.17, 15) is 9.59 Å². The van der Waals surface area contributed by atoms with Gasteiger partial charge in [-0.05, 0) is 44.2 Å². The number of furan rings is 1. The summed E-state index contributed by atoms with van der Waals surface area (Å²) < 4.78 is 8.69. The van der Waals surface area contributed by atoms with Crippen molar-refractivity contribution in [2.45, 2.75) is 26.9 Å². The zero-order chi connectivity index (χ0) is 20.7. The molecule has 3 aromatic heterocycles. The molecule has 0 N–H and O–H groups in total. The number of aryl methyl sites for hydroxylation is 1. The highest BCUT2D eigenvalue weighted by Crippen LogP contribution is 2.24. The largest absolute Gasteiger partial charge is 0.467 e. The van der Waals surface area contributed by atoms with Crippen molar-refractivity contribution in [2.24, 2.45) is 0 Å². The summed E-state index contributed by atoms with van der Waals surface area (Å²) in [6, 6.07) is 8.58. The summed E-state index contributed by atoms with van der Waals surface area (Å²) >= 11 is 12.1. The molecule has 3 heterocycles. The highest BCUT2D eigenvalue weighted by molar-refractivity contribution is 6.38. The lowest BCUT2D eigenvalue weighted by Crippen LogP contribution is -2.25. The zero-order valence-corrected chi connectivity index (χ0v) is 17.3. The fourth-order valence-corrected chi connectivity index (χ4v) is 3.97. The second-order valence-electron chi connectivity index (χ2n) is 6.83. The minimum absolute atomic E-state index is 0.128. The maximum Gasteiger partial charge on any atom is 0.261 e. The fraction of sp³-hybridized carbons (Fsp3) is 0.190. The molecule has 0 amide bonds. The standard InChI is InChI=1S/C21H17Cl2N3O3/c1-12-6-16(13(2)26(12)9-15-4-3-5-29-15)19(27)10-25-11-24-20-17(21(25)28)7-14(22)8-18(20)23/h3-8,11H,9-10H2,1-2H3. The summed E-state index contributed by atoms with van der Waals surface area (Å²) in [5.41, 5.74) is 2.31. The predicted octanol–water partition coefficient (Wildman–Crippen LogP) is 4.65. The van der Waals surface area contributed by atoms with Crippen LogP contribution in [-0.2, 0) is 13.1 Å². The van der Waals surface area contributed by atoms with Crippen LogP contribution in [0.3, 0.4) is 0 Å². The van der Waals surface area contributed by atoms with Gasteiger partial charge < -0.3 is 8.98 Å². The normalized spacial score (nSPS) is 11.3. The van der Waals surface area contributed by atoms with Gasteiger partial charge in [0.1, 0.15) is 5.76 Å². The number of fused-ring (bicyclic) bond motifs is 1. The molecule has 1 aromatic carbocycles. The van der Waals surface area contributed by atoms with Gasteiger partial charge in [-0.25, -0.2) is 4.98 Å². The van der Waals surface area contributed by atoms with Crippen LogP contribution in [0.2, 0.25) is 10.0 Å². The average Bonchev–Trinajstić information content (AvgIpc) is 3.28. The van der Waals surface area contributed by atoms with Crippen molar-refractivity contribution < 1.29 is 9.21 Å². The Labute approximate surface area is 176 Å². The lowest BCUT2D eigenvalue weighted by molar-refractivity contribution is 0.0970. The smallest absolute Gasteiger partial charge is 0.261 e. The van der Waals surface area contributed by atoms with E-state index in [1.54, 1.807) is 6.26 Å². The molecule has 0 unspecified atom stereocenters. The van der Waals surface area contributed by atoms with E-state index >= 15 is 0 Å². The fourth-order valence-electron chi connectivity index (χ4n) is 3.43. The molecule has 29 heavy (non-hydrogen) atoms.